The van der Waals surface area contributed by atoms with E-state index in [2.05, 4.69) is 64.2 Å². The van der Waals surface area contributed by atoms with E-state index in [4.69, 9.17) is 0 Å². The Bertz CT molecular complexity index is 700. The first-order valence-corrected chi connectivity index (χ1v) is 9.05. The van der Waals surface area contributed by atoms with Gasteiger partial charge in [-0.05, 0) is 40.4 Å². The van der Waals surface area contributed by atoms with Crippen LogP contribution >= 0.6 is 22.7 Å². The van der Waals surface area contributed by atoms with E-state index in [1.54, 1.807) is 4.88 Å². The normalized spacial score (nSPS) is 18.6. The maximum atomic E-state index is 2.62. The van der Waals surface area contributed by atoms with Gasteiger partial charge in [0.1, 0.15) is 0 Å². The molecule has 21 heavy (non-hydrogen) atoms. The van der Waals surface area contributed by atoms with Gasteiger partial charge in [0, 0.05) is 22.8 Å². The van der Waals surface area contributed by atoms with Crippen molar-refractivity contribution in [2.24, 2.45) is 0 Å². The van der Waals surface area contributed by atoms with Crippen LogP contribution in [0.25, 0.3) is 0 Å². The third kappa shape index (κ3) is 2.57. The highest BCUT2D eigenvalue weighted by Gasteiger charge is 2.30. The molecule has 0 amide bonds. The Kier molecular flexibility index (Phi) is 3.63. The molecule has 3 heteroatoms. The largest absolute Gasteiger partial charge is 0.287 e. The van der Waals surface area contributed by atoms with Gasteiger partial charge >= 0.3 is 0 Å². The minimum atomic E-state index is 0.431. The summed E-state index contributed by atoms with van der Waals surface area (Å²) in [7, 11) is 0. The van der Waals surface area contributed by atoms with Crippen LogP contribution in [0, 0.1) is 0 Å². The predicted molar refractivity (Wildman–Crippen MR) is 91.0 cm³/mol. The van der Waals surface area contributed by atoms with E-state index in [0.29, 0.717) is 6.04 Å². The van der Waals surface area contributed by atoms with E-state index < -0.39 is 0 Å². The maximum Gasteiger partial charge on any atom is 0.0709 e. The Morgan fingerprint density at radius 3 is 2.67 bits per heavy atom. The van der Waals surface area contributed by atoms with Gasteiger partial charge in [-0.25, -0.2) is 0 Å². The lowest BCUT2D eigenvalue weighted by atomic mass is 9.98. The van der Waals surface area contributed by atoms with Gasteiger partial charge in [-0.2, -0.15) is 0 Å². The first kappa shape index (κ1) is 13.3. The SMILES string of the molecule is c1ccc(CN2CCc3sccc3C2c2cccs2)cc1. The zero-order valence-electron chi connectivity index (χ0n) is 11.7. The van der Waals surface area contributed by atoms with Gasteiger partial charge in [0.05, 0.1) is 6.04 Å². The highest BCUT2D eigenvalue weighted by atomic mass is 32.1. The van der Waals surface area contributed by atoms with Gasteiger partial charge < -0.3 is 0 Å². The average Bonchev–Trinajstić information content (AvgIpc) is 3.19. The van der Waals surface area contributed by atoms with Crippen LogP contribution in [0.2, 0.25) is 0 Å². The summed E-state index contributed by atoms with van der Waals surface area (Å²) in [6, 6.07) is 18.0. The average molecular weight is 311 g/mol. The van der Waals surface area contributed by atoms with Crippen molar-refractivity contribution in [3.05, 3.63) is 80.2 Å². The molecular formula is C18H17NS2. The summed E-state index contributed by atoms with van der Waals surface area (Å²) in [5.74, 6) is 0. The second-order valence-electron chi connectivity index (χ2n) is 5.42. The number of thiophene rings is 2. The van der Waals surface area contributed by atoms with E-state index >= 15 is 0 Å². The topological polar surface area (TPSA) is 3.24 Å². The summed E-state index contributed by atoms with van der Waals surface area (Å²) in [6.45, 7) is 2.17. The van der Waals surface area contributed by atoms with Crippen LogP contribution in [0.3, 0.4) is 0 Å². The fourth-order valence-corrected chi connectivity index (χ4v) is 4.92. The number of fused-ring (bicyclic) bond motifs is 1. The molecule has 3 heterocycles. The molecular weight excluding hydrogens is 294 g/mol. The van der Waals surface area contributed by atoms with E-state index in [1.807, 2.05) is 22.7 Å². The van der Waals surface area contributed by atoms with Crippen LogP contribution in [0.5, 0.6) is 0 Å². The van der Waals surface area contributed by atoms with Crippen LogP contribution in [-0.4, -0.2) is 11.4 Å². The monoisotopic (exact) mass is 311 g/mol. The van der Waals surface area contributed by atoms with Crippen molar-refractivity contribution in [2.75, 3.05) is 6.54 Å². The van der Waals surface area contributed by atoms with Gasteiger partial charge in [-0.1, -0.05) is 36.4 Å². The zero-order chi connectivity index (χ0) is 14.1. The Morgan fingerprint density at radius 2 is 1.86 bits per heavy atom. The summed E-state index contributed by atoms with van der Waals surface area (Å²) in [5, 5.41) is 4.44. The standard InChI is InChI=1S/C18H17NS2/c1-2-5-14(6-3-1)13-19-10-8-16-15(9-12-21-16)18(19)17-7-4-11-20-17/h1-7,9,11-12,18H,8,10,13H2. The maximum absolute atomic E-state index is 2.62. The zero-order valence-corrected chi connectivity index (χ0v) is 13.4. The van der Waals surface area contributed by atoms with Gasteiger partial charge in [0.15, 0.2) is 0 Å². The summed E-state index contributed by atoms with van der Waals surface area (Å²) in [5.41, 5.74) is 2.92. The van der Waals surface area contributed by atoms with Crippen LogP contribution in [0.4, 0.5) is 0 Å². The molecule has 0 aliphatic carbocycles. The quantitative estimate of drug-likeness (QED) is 0.661. The minimum absolute atomic E-state index is 0.431. The number of rotatable bonds is 3. The van der Waals surface area contributed by atoms with Crippen LogP contribution in [0.15, 0.2) is 59.3 Å². The van der Waals surface area contributed by atoms with Crippen molar-refractivity contribution < 1.29 is 0 Å². The molecule has 0 spiro atoms. The molecule has 0 fully saturated rings. The fraction of sp³-hybridized carbons (Fsp3) is 0.222. The van der Waals surface area contributed by atoms with Crippen LogP contribution in [-0.2, 0) is 13.0 Å². The summed E-state index contributed by atoms with van der Waals surface area (Å²) in [6.07, 6.45) is 1.18. The molecule has 0 bridgehead atoms. The Hall–Kier alpha value is -1.42. The number of benzene rings is 1. The second kappa shape index (κ2) is 5.76. The molecule has 2 aromatic heterocycles. The Balaban J connectivity index is 1.70. The third-order valence-electron chi connectivity index (χ3n) is 4.11. The van der Waals surface area contributed by atoms with Crippen molar-refractivity contribution in [1.29, 1.82) is 0 Å². The predicted octanol–water partition coefficient (Wildman–Crippen LogP) is 4.96. The molecule has 1 aliphatic heterocycles. The molecule has 106 valence electrons. The molecule has 3 aromatic rings. The Labute approximate surface area is 133 Å². The van der Waals surface area contributed by atoms with Crippen molar-refractivity contribution in [1.82, 2.24) is 4.90 Å². The molecule has 1 nitrogen and oxygen atoms in total. The first-order chi connectivity index (χ1) is 10.4. The van der Waals surface area contributed by atoms with E-state index in [-0.39, 0.29) is 0 Å². The van der Waals surface area contributed by atoms with Crippen molar-refractivity contribution in [2.45, 2.75) is 19.0 Å². The summed E-state index contributed by atoms with van der Waals surface area (Å²) >= 11 is 3.79. The van der Waals surface area contributed by atoms with E-state index in [9.17, 15) is 0 Å². The molecule has 0 N–H and O–H groups in total. The van der Waals surface area contributed by atoms with Crippen LogP contribution < -0.4 is 0 Å². The minimum Gasteiger partial charge on any atom is -0.287 e. The second-order valence-corrected chi connectivity index (χ2v) is 7.40. The highest BCUT2D eigenvalue weighted by Crippen LogP contribution is 2.40. The molecule has 0 saturated carbocycles. The third-order valence-corrected chi connectivity index (χ3v) is 6.03. The molecule has 1 aliphatic rings. The summed E-state index contributed by atoms with van der Waals surface area (Å²) in [4.78, 5) is 5.65. The van der Waals surface area contributed by atoms with E-state index in [1.165, 1.54) is 22.4 Å². The van der Waals surface area contributed by atoms with Crippen LogP contribution in [0.1, 0.15) is 26.9 Å². The fourth-order valence-electron chi connectivity index (χ4n) is 3.14. The lowest BCUT2D eigenvalue weighted by Gasteiger charge is -2.35. The number of hydrogen-bond acceptors (Lipinski definition) is 3. The van der Waals surface area contributed by atoms with Gasteiger partial charge in [-0.15, -0.1) is 22.7 Å². The molecule has 1 unspecified atom stereocenters. The van der Waals surface area contributed by atoms with Gasteiger partial charge in [-0.3, -0.25) is 4.90 Å². The molecule has 1 atom stereocenters. The molecule has 0 saturated heterocycles. The first-order valence-electron chi connectivity index (χ1n) is 7.29. The van der Waals surface area contributed by atoms with Crippen molar-refractivity contribution in [3.8, 4) is 0 Å². The molecule has 1 aromatic carbocycles. The van der Waals surface area contributed by atoms with E-state index in [0.717, 1.165) is 13.1 Å². The van der Waals surface area contributed by atoms with Crippen molar-refractivity contribution in [3.63, 3.8) is 0 Å². The highest BCUT2D eigenvalue weighted by molar-refractivity contribution is 7.10. The number of hydrogen-bond donors (Lipinski definition) is 0. The van der Waals surface area contributed by atoms with Gasteiger partial charge in [0.2, 0.25) is 0 Å². The molecule has 0 radical (unpaired) electrons. The number of nitrogens with zero attached hydrogens (tertiary/aromatic N) is 1. The smallest absolute Gasteiger partial charge is 0.0709 e. The molecule has 4 rings (SSSR count). The van der Waals surface area contributed by atoms with Crippen molar-refractivity contribution >= 4 is 22.7 Å². The lowest BCUT2D eigenvalue weighted by molar-refractivity contribution is 0.209. The Morgan fingerprint density at radius 1 is 0.952 bits per heavy atom. The lowest BCUT2D eigenvalue weighted by Crippen LogP contribution is -2.34. The summed E-state index contributed by atoms with van der Waals surface area (Å²) < 4.78 is 0. The van der Waals surface area contributed by atoms with Gasteiger partial charge in [0.25, 0.3) is 0 Å².